The lowest BCUT2D eigenvalue weighted by atomic mass is 9.78. The second-order valence-electron chi connectivity index (χ2n) is 6.85. The molecule has 24 heavy (non-hydrogen) atoms. The topological polar surface area (TPSA) is 53.9 Å². The largest absolute Gasteiger partial charge is 0.469 e. The third-order valence-corrected chi connectivity index (χ3v) is 4.55. The number of carbonyl (C=O) groups is 1. The fourth-order valence-electron chi connectivity index (χ4n) is 3.40. The van der Waals surface area contributed by atoms with Crippen LogP contribution in [0, 0.1) is 5.41 Å². The molecule has 0 aromatic carbocycles. The Balaban J connectivity index is 0.00000529. The van der Waals surface area contributed by atoms with Gasteiger partial charge in [0, 0.05) is 32.6 Å². The molecule has 1 saturated heterocycles. The third kappa shape index (κ3) is 8.53. The number of hydrogen-bond acceptors (Lipinski definition) is 3. The Morgan fingerprint density at radius 2 is 2.08 bits per heavy atom. The summed E-state index contributed by atoms with van der Waals surface area (Å²) in [5.74, 6) is 0.903. The standard InChI is InChI=1S/C18H35N3O2.HI/c1-5-11-18(3)12-9-14-21(15-18)17(19-6-2)20-13-8-7-10-16(22)23-4;/h5-15H2,1-4H3,(H,19,20);1H. The van der Waals surface area contributed by atoms with Crippen LogP contribution in [0.25, 0.3) is 0 Å². The zero-order chi connectivity index (χ0) is 17.1. The van der Waals surface area contributed by atoms with E-state index in [1.165, 1.54) is 32.8 Å². The summed E-state index contributed by atoms with van der Waals surface area (Å²) in [5.41, 5.74) is 0.411. The summed E-state index contributed by atoms with van der Waals surface area (Å²) in [5, 5.41) is 3.43. The fourth-order valence-corrected chi connectivity index (χ4v) is 3.40. The monoisotopic (exact) mass is 453 g/mol. The van der Waals surface area contributed by atoms with E-state index < -0.39 is 0 Å². The number of piperidine rings is 1. The fraction of sp³-hybridized carbons (Fsp3) is 0.889. The van der Waals surface area contributed by atoms with Crippen LogP contribution >= 0.6 is 24.0 Å². The quantitative estimate of drug-likeness (QED) is 0.200. The molecular formula is C18H36IN3O2. The van der Waals surface area contributed by atoms with Crippen molar-refractivity contribution in [1.82, 2.24) is 10.2 Å². The lowest BCUT2D eigenvalue weighted by Gasteiger charge is -2.42. The van der Waals surface area contributed by atoms with Gasteiger partial charge in [-0.3, -0.25) is 9.79 Å². The van der Waals surface area contributed by atoms with E-state index >= 15 is 0 Å². The highest BCUT2D eigenvalue weighted by molar-refractivity contribution is 14.0. The van der Waals surface area contributed by atoms with E-state index in [1.54, 1.807) is 0 Å². The Morgan fingerprint density at radius 3 is 2.71 bits per heavy atom. The van der Waals surface area contributed by atoms with Gasteiger partial charge in [-0.05, 0) is 44.4 Å². The van der Waals surface area contributed by atoms with Gasteiger partial charge < -0.3 is 15.0 Å². The van der Waals surface area contributed by atoms with Crippen LogP contribution in [0.1, 0.15) is 65.7 Å². The van der Waals surface area contributed by atoms with Crippen molar-refractivity contribution in [2.75, 3.05) is 33.3 Å². The van der Waals surface area contributed by atoms with Crippen LogP contribution in [-0.2, 0) is 9.53 Å². The van der Waals surface area contributed by atoms with Crippen LogP contribution in [-0.4, -0.2) is 50.1 Å². The maximum Gasteiger partial charge on any atom is 0.305 e. The first kappa shape index (κ1) is 23.5. The highest BCUT2D eigenvalue weighted by Gasteiger charge is 2.31. The van der Waals surface area contributed by atoms with Gasteiger partial charge in [0.2, 0.25) is 0 Å². The molecule has 0 aromatic heterocycles. The SMILES string of the molecule is CCCC1(C)CCCN(C(=NCCCCC(=O)OC)NCC)C1.I. The van der Waals surface area contributed by atoms with Crippen molar-refractivity contribution >= 4 is 35.9 Å². The number of ether oxygens (including phenoxy) is 1. The number of guanidine groups is 1. The summed E-state index contributed by atoms with van der Waals surface area (Å²) < 4.78 is 4.66. The first-order valence-corrected chi connectivity index (χ1v) is 9.14. The number of hydrogen-bond donors (Lipinski definition) is 1. The molecule has 0 radical (unpaired) electrons. The van der Waals surface area contributed by atoms with Crippen LogP contribution in [0.3, 0.4) is 0 Å². The van der Waals surface area contributed by atoms with Gasteiger partial charge >= 0.3 is 5.97 Å². The molecule has 6 heteroatoms. The number of methoxy groups -OCH3 is 1. The number of aliphatic imine (C=N–C) groups is 1. The van der Waals surface area contributed by atoms with Crippen molar-refractivity contribution in [2.45, 2.75) is 65.7 Å². The average molecular weight is 453 g/mol. The molecular weight excluding hydrogens is 417 g/mol. The van der Waals surface area contributed by atoms with Crippen molar-refractivity contribution < 1.29 is 9.53 Å². The maximum atomic E-state index is 11.1. The van der Waals surface area contributed by atoms with Crippen molar-refractivity contribution in [3.8, 4) is 0 Å². The first-order chi connectivity index (χ1) is 11.0. The highest BCUT2D eigenvalue weighted by Crippen LogP contribution is 2.33. The third-order valence-electron chi connectivity index (χ3n) is 4.55. The summed E-state index contributed by atoms with van der Waals surface area (Å²) in [6, 6.07) is 0. The minimum atomic E-state index is -0.132. The summed E-state index contributed by atoms with van der Waals surface area (Å²) in [7, 11) is 1.44. The Morgan fingerprint density at radius 1 is 1.33 bits per heavy atom. The van der Waals surface area contributed by atoms with Gasteiger partial charge in [0.1, 0.15) is 0 Å². The van der Waals surface area contributed by atoms with Gasteiger partial charge in [0.05, 0.1) is 7.11 Å². The van der Waals surface area contributed by atoms with Gasteiger partial charge in [-0.25, -0.2) is 0 Å². The minimum Gasteiger partial charge on any atom is -0.469 e. The van der Waals surface area contributed by atoms with Gasteiger partial charge in [-0.15, -0.1) is 24.0 Å². The molecule has 142 valence electrons. The molecule has 0 aliphatic carbocycles. The Kier molecular flexibility index (Phi) is 12.5. The molecule has 0 saturated carbocycles. The number of nitrogens with zero attached hydrogens (tertiary/aromatic N) is 2. The Hall–Kier alpha value is -0.530. The molecule has 1 aliphatic rings. The number of likely N-dealkylation sites (tertiary alicyclic amines) is 1. The number of esters is 1. The van der Waals surface area contributed by atoms with Crippen LogP contribution in [0.4, 0.5) is 0 Å². The van der Waals surface area contributed by atoms with Gasteiger partial charge in [-0.1, -0.05) is 20.3 Å². The number of nitrogens with one attached hydrogen (secondary N) is 1. The molecule has 0 amide bonds. The summed E-state index contributed by atoms with van der Waals surface area (Å²) in [6.45, 7) is 10.6. The summed E-state index contributed by atoms with van der Waals surface area (Å²) >= 11 is 0. The van der Waals surface area contributed by atoms with E-state index in [9.17, 15) is 4.79 Å². The second-order valence-corrected chi connectivity index (χ2v) is 6.85. The van der Waals surface area contributed by atoms with E-state index in [0.29, 0.717) is 11.8 Å². The number of rotatable bonds is 8. The molecule has 1 rings (SSSR count). The van der Waals surface area contributed by atoms with E-state index in [2.05, 4.69) is 35.7 Å². The van der Waals surface area contributed by atoms with Crippen molar-refractivity contribution in [1.29, 1.82) is 0 Å². The van der Waals surface area contributed by atoms with Crippen molar-refractivity contribution in [3.05, 3.63) is 0 Å². The van der Waals surface area contributed by atoms with Gasteiger partial charge in [-0.2, -0.15) is 0 Å². The summed E-state index contributed by atoms with van der Waals surface area (Å²) in [4.78, 5) is 18.3. The first-order valence-electron chi connectivity index (χ1n) is 9.14. The molecule has 1 N–H and O–H groups in total. The molecule has 0 spiro atoms. The van der Waals surface area contributed by atoms with E-state index in [0.717, 1.165) is 45.0 Å². The number of halogens is 1. The smallest absolute Gasteiger partial charge is 0.305 e. The normalized spacial score (nSPS) is 21.2. The Labute approximate surface area is 165 Å². The Bertz CT molecular complexity index is 386. The minimum absolute atomic E-state index is 0. The molecule has 1 fully saturated rings. The van der Waals surface area contributed by atoms with Gasteiger partial charge in [0.15, 0.2) is 5.96 Å². The van der Waals surface area contributed by atoms with E-state index in [1.807, 2.05) is 0 Å². The molecule has 0 bridgehead atoms. The lowest BCUT2D eigenvalue weighted by molar-refractivity contribution is -0.140. The zero-order valence-corrected chi connectivity index (χ0v) is 18.2. The van der Waals surface area contributed by atoms with Crippen molar-refractivity contribution in [3.63, 3.8) is 0 Å². The van der Waals surface area contributed by atoms with Crippen LogP contribution in [0.2, 0.25) is 0 Å². The van der Waals surface area contributed by atoms with Crippen LogP contribution < -0.4 is 5.32 Å². The van der Waals surface area contributed by atoms with Crippen LogP contribution in [0.5, 0.6) is 0 Å². The van der Waals surface area contributed by atoms with E-state index in [4.69, 9.17) is 4.99 Å². The van der Waals surface area contributed by atoms with E-state index in [-0.39, 0.29) is 29.9 Å². The number of unbranched alkanes of at least 4 members (excludes halogenated alkanes) is 1. The van der Waals surface area contributed by atoms with Crippen molar-refractivity contribution in [2.24, 2.45) is 10.4 Å². The molecule has 0 aromatic rings. The van der Waals surface area contributed by atoms with Gasteiger partial charge in [0.25, 0.3) is 0 Å². The lowest BCUT2D eigenvalue weighted by Crippen LogP contribution is -2.49. The second kappa shape index (κ2) is 12.8. The molecule has 5 nitrogen and oxygen atoms in total. The molecule has 1 aliphatic heterocycles. The molecule has 1 heterocycles. The predicted octanol–water partition coefficient (Wildman–Crippen LogP) is 3.82. The average Bonchev–Trinajstić information content (AvgIpc) is 2.53. The number of carbonyl (C=O) groups excluding carboxylic acids is 1. The molecule has 1 atom stereocenters. The van der Waals surface area contributed by atoms with Crippen LogP contribution in [0.15, 0.2) is 4.99 Å². The summed E-state index contributed by atoms with van der Waals surface area (Å²) in [6.07, 6.45) is 7.32. The predicted molar refractivity (Wildman–Crippen MR) is 111 cm³/mol. The zero-order valence-electron chi connectivity index (χ0n) is 15.9. The maximum absolute atomic E-state index is 11.1. The highest BCUT2D eigenvalue weighted by atomic mass is 127. The molecule has 1 unspecified atom stereocenters.